The zero-order valence-corrected chi connectivity index (χ0v) is 8.96. The molecule has 0 saturated carbocycles. The first-order valence-electron chi connectivity index (χ1n) is 4.01. The SMILES string of the molecule is CC(=O)c1cc2oc(Br)cc2cc1O. The van der Waals surface area contributed by atoms with E-state index < -0.39 is 0 Å². The van der Waals surface area contributed by atoms with Gasteiger partial charge in [0.1, 0.15) is 11.3 Å². The highest BCUT2D eigenvalue weighted by atomic mass is 79.9. The molecule has 4 heteroatoms. The molecule has 2 rings (SSSR count). The van der Waals surface area contributed by atoms with E-state index in [4.69, 9.17) is 4.42 Å². The standard InChI is InChI=1S/C10H7BrO3/c1-5(12)7-4-9-6(2-8(7)13)3-10(11)14-9/h2-4,13H,1H3. The van der Waals surface area contributed by atoms with Crippen LogP contribution in [0.5, 0.6) is 5.75 Å². The molecule has 1 N–H and O–H groups in total. The molecule has 0 radical (unpaired) electrons. The summed E-state index contributed by atoms with van der Waals surface area (Å²) in [4.78, 5) is 11.1. The summed E-state index contributed by atoms with van der Waals surface area (Å²) in [6, 6.07) is 4.79. The van der Waals surface area contributed by atoms with Crippen LogP contribution in [0, 0.1) is 0 Å². The van der Waals surface area contributed by atoms with Gasteiger partial charge in [0, 0.05) is 5.39 Å². The zero-order chi connectivity index (χ0) is 10.3. The van der Waals surface area contributed by atoms with Crippen LogP contribution in [0.2, 0.25) is 0 Å². The molecular formula is C10H7BrO3. The molecule has 0 unspecified atom stereocenters. The third kappa shape index (κ3) is 1.42. The van der Waals surface area contributed by atoms with Gasteiger partial charge in [-0.2, -0.15) is 0 Å². The Morgan fingerprint density at radius 2 is 2.14 bits per heavy atom. The van der Waals surface area contributed by atoms with E-state index in [1.165, 1.54) is 19.1 Å². The number of ketones is 1. The monoisotopic (exact) mass is 254 g/mol. The van der Waals surface area contributed by atoms with E-state index in [1.807, 2.05) is 0 Å². The van der Waals surface area contributed by atoms with Gasteiger partial charge < -0.3 is 9.52 Å². The van der Waals surface area contributed by atoms with Crippen LogP contribution >= 0.6 is 15.9 Å². The van der Waals surface area contributed by atoms with E-state index in [1.54, 1.807) is 6.07 Å². The summed E-state index contributed by atoms with van der Waals surface area (Å²) in [7, 11) is 0. The van der Waals surface area contributed by atoms with Crippen molar-refractivity contribution in [3.63, 3.8) is 0 Å². The topological polar surface area (TPSA) is 50.4 Å². The molecule has 1 aromatic heterocycles. The van der Waals surface area contributed by atoms with E-state index in [-0.39, 0.29) is 17.1 Å². The Morgan fingerprint density at radius 3 is 2.79 bits per heavy atom. The highest BCUT2D eigenvalue weighted by molar-refractivity contribution is 9.10. The molecule has 1 heterocycles. The quantitative estimate of drug-likeness (QED) is 0.796. The van der Waals surface area contributed by atoms with Gasteiger partial charge in [0.05, 0.1) is 5.56 Å². The predicted molar refractivity (Wildman–Crippen MR) is 55.6 cm³/mol. The van der Waals surface area contributed by atoms with Crippen LogP contribution in [0.25, 0.3) is 11.0 Å². The van der Waals surface area contributed by atoms with Crippen LogP contribution in [0.15, 0.2) is 27.3 Å². The fourth-order valence-corrected chi connectivity index (χ4v) is 1.75. The number of fused-ring (bicyclic) bond motifs is 1. The summed E-state index contributed by atoms with van der Waals surface area (Å²) in [6.07, 6.45) is 0. The van der Waals surface area contributed by atoms with Crippen LogP contribution in [0.3, 0.4) is 0 Å². The van der Waals surface area contributed by atoms with Gasteiger partial charge in [0.25, 0.3) is 0 Å². The zero-order valence-electron chi connectivity index (χ0n) is 7.37. The van der Waals surface area contributed by atoms with Gasteiger partial charge in [-0.25, -0.2) is 0 Å². The number of phenols is 1. The summed E-state index contributed by atoms with van der Waals surface area (Å²) in [5, 5.41) is 10.3. The minimum absolute atomic E-state index is 0.0155. The largest absolute Gasteiger partial charge is 0.507 e. The number of hydrogen-bond donors (Lipinski definition) is 1. The van der Waals surface area contributed by atoms with Gasteiger partial charge in [-0.3, -0.25) is 4.79 Å². The van der Waals surface area contributed by atoms with E-state index in [0.29, 0.717) is 10.3 Å². The molecule has 3 nitrogen and oxygen atoms in total. The molecule has 0 bridgehead atoms. The smallest absolute Gasteiger partial charge is 0.170 e. The third-order valence-corrected chi connectivity index (χ3v) is 2.37. The summed E-state index contributed by atoms with van der Waals surface area (Å²) in [5.74, 6) is -0.199. The Labute approximate surface area is 88.5 Å². The Balaban J connectivity index is 2.76. The van der Waals surface area contributed by atoms with Crippen molar-refractivity contribution < 1.29 is 14.3 Å². The molecule has 72 valence electrons. The second-order valence-corrected chi connectivity index (χ2v) is 3.80. The van der Waals surface area contributed by atoms with Crippen LogP contribution in [0.1, 0.15) is 17.3 Å². The maximum absolute atomic E-state index is 11.1. The average Bonchev–Trinajstić information content (AvgIpc) is 2.42. The molecule has 0 aliphatic rings. The van der Waals surface area contributed by atoms with Crippen LogP contribution in [-0.4, -0.2) is 10.9 Å². The van der Waals surface area contributed by atoms with Crippen LogP contribution in [-0.2, 0) is 0 Å². The van der Waals surface area contributed by atoms with Crippen molar-refractivity contribution in [1.29, 1.82) is 0 Å². The van der Waals surface area contributed by atoms with Crippen molar-refractivity contribution in [3.8, 4) is 5.75 Å². The molecular weight excluding hydrogens is 248 g/mol. The van der Waals surface area contributed by atoms with Gasteiger partial charge in [-0.05, 0) is 41.1 Å². The summed E-state index contributed by atoms with van der Waals surface area (Å²) in [5.41, 5.74) is 0.860. The first-order chi connectivity index (χ1) is 6.58. The van der Waals surface area contributed by atoms with Crippen molar-refractivity contribution >= 4 is 32.7 Å². The summed E-state index contributed by atoms with van der Waals surface area (Å²) >= 11 is 3.18. The number of Topliss-reactive ketones (excluding diaryl/α,β-unsaturated/α-hetero) is 1. The van der Waals surface area contributed by atoms with E-state index in [2.05, 4.69) is 15.9 Å². The van der Waals surface area contributed by atoms with Gasteiger partial charge >= 0.3 is 0 Å². The molecule has 0 spiro atoms. The number of hydrogen-bond acceptors (Lipinski definition) is 3. The van der Waals surface area contributed by atoms with Crippen molar-refractivity contribution in [2.45, 2.75) is 6.92 Å². The molecule has 1 aromatic carbocycles. The fraction of sp³-hybridized carbons (Fsp3) is 0.100. The number of halogens is 1. The fourth-order valence-electron chi connectivity index (χ4n) is 1.32. The second kappa shape index (κ2) is 3.13. The first-order valence-corrected chi connectivity index (χ1v) is 4.80. The molecule has 0 amide bonds. The van der Waals surface area contributed by atoms with Crippen molar-refractivity contribution in [3.05, 3.63) is 28.4 Å². The Hall–Kier alpha value is -1.29. The van der Waals surface area contributed by atoms with E-state index >= 15 is 0 Å². The first kappa shape index (κ1) is 9.27. The summed E-state index contributed by atoms with van der Waals surface area (Å²) < 4.78 is 5.84. The molecule has 14 heavy (non-hydrogen) atoms. The maximum atomic E-state index is 11.1. The number of aromatic hydroxyl groups is 1. The number of phenolic OH excluding ortho intramolecular Hbond substituents is 1. The third-order valence-electron chi connectivity index (χ3n) is 1.98. The van der Waals surface area contributed by atoms with Crippen LogP contribution < -0.4 is 0 Å². The molecule has 0 aliphatic carbocycles. The Morgan fingerprint density at radius 1 is 1.43 bits per heavy atom. The molecule has 0 aliphatic heterocycles. The number of furan rings is 1. The highest BCUT2D eigenvalue weighted by Crippen LogP contribution is 2.29. The summed E-state index contributed by atoms with van der Waals surface area (Å²) in [6.45, 7) is 1.40. The molecule has 0 atom stereocenters. The Bertz CT molecular complexity index is 513. The molecule has 2 aromatic rings. The normalized spacial score (nSPS) is 10.7. The van der Waals surface area contributed by atoms with E-state index in [0.717, 1.165) is 5.39 Å². The second-order valence-electron chi connectivity index (χ2n) is 3.01. The van der Waals surface area contributed by atoms with Crippen molar-refractivity contribution in [1.82, 2.24) is 0 Å². The number of carbonyl (C=O) groups is 1. The van der Waals surface area contributed by atoms with Gasteiger partial charge in [-0.15, -0.1) is 0 Å². The van der Waals surface area contributed by atoms with Crippen molar-refractivity contribution in [2.24, 2.45) is 0 Å². The lowest BCUT2D eigenvalue weighted by molar-refractivity contribution is 0.101. The lowest BCUT2D eigenvalue weighted by Crippen LogP contribution is -1.91. The minimum atomic E-state index is -0.183. The lowest BCUT2D eigenvalue weighted by Gasteiger charge is -1.98. The van der Waals surface area contributed by atoms with Gasteiger partial charge in [0.2, 0.25) is 0 Å². The minimum Gasteiger partial charge on any atom is -0.507 e. The molecule has 0 saturated heterocycles. The Kier molecular flexibility index (Phi) is 2.07. The number of carbonyl (C=O) groups excluding carboxylic acids is 1. The maximum Gasteiger partial charge on any atom is 0.170 e. The van der Waals surface area contributed by atoms with Crippen molar-refractivity contribution in [2.75, 3.05) is 0 Å². The van der Waals surface area contributed by atoms with E-state index in [9.17, 15) is 9.90 Å². The van der Waals surface area contributed by atoms with Crippen LogP contribution in [0.4, 0.5) is 0 Å². The van der Waals surface area contributed by atoms with Gasteiger partial charge in [-0.1, -0.05) is 0 Å². The predicted octanol–water partition coefficient (Wildman–Crippen LogP) is 3.10. The molecule has 0 fully saturated rings. The average molecular weight is 255 g/mol. The number of rotatable bonds is 1. The lowest BCUT2D eigenvalue weighted by atomic mass is 10.1. The number of benzene rings is 1. The highest BCUT2D eigenvalue weighted by Gasteiger charge is 2.10. The van der Waals surface area contributed by atoms with Gasteiger partial charge in [0.15, 0.2) is 10.5 Å².